The molecule has 0 bridgehead atoms. The Balaban J connectivity index is 2.08. The van der Waals surface area contributed by atoms with Crippen LogP contribution in [0.3, 0.4) is 0 Å². The molecule has 0 spiro atoms. The second kappa shape index (κ2) is 5.85. The maximum atomic E-state index is 9.18. The van der Waals surface area contributed by atoms with Crippen molar-refractivity contribution in [2.75, 3.05) is 38.2 Å². The molecule has 2 rings (SSSR count). The molecule has 1 fully saturated rings. The molecule has 1 unspecified atom stereocenters. The lowest BCUT2D eigenvalue weighted by molar-refractivity contribution is 0.0340. The number of rotatable bonds is 3. The molecule has 18 heavy (non-hydrogen) atoms. The standard InChI is InChI=1S/C14H19N3O/c1-11-3-4-14(12(7-11)8-15)17(2)10-13-9-16-5-6-18-13/h3-4,7,13,16H,5-6,9-10H2,1-2H3. The van der Waals surface area contributed by atoms with Crippen molar-refractivity contribution in [2.24, 2.45) is 0 Å². The highest BCUT2D eigenvalue weighted by atomic mass is 16.5. The molecule has 1 N–H and O–H groups in total. The molecule has 0 aromatic heterocycles. The zero-order valence-corrected chi connectivity index (χ0v) is 10.9. The largest absolute Gasteiger partial charge is 0.374 e. The fourth-order valence-electron chi connectivity index (χ4n) is 2.21. The number of ether oxygens (including phenoxy) is 1. The monoisotopic (exact) mass is 245 g/mol. The number of morpholine rings is 1. The summed E-state index contributed by atoms with van der Waals surface area (Å²) in [5, 5.41) is 12.5. The maximum Gasteiger partial charge on any atom is 0.101 e. The average Bonchev–Trinajstić information content (AvgIpc) is 2.39. The predicted octanol–water partition coefficient (Wildman–Crippen LogP) is 1.29. The summed E-state index contributed by atoms with van der Waals surface area (Å²) in [4.78, 5) is 2.09. The lowest BCUT2D eigenvalue weighted by Gasteiger charge is -2.29. The minimum absolute atomic E-state index is 0.191. The molecule has 0 aliphatic carbocycles. The van der Waals surface area contributed by atoms with E-state index in [0.29, 0.717) is 0 Å². The number of likely N-dealkylation sites (N-methyl/N-ethyl adjacent to an activating group) is 1. The van der Waals surface area contributed by atoms with Crippen LogP contribution in [0.5, 0.6) is 0 Å². The first kappa shape index (κ1) is 12.9. The van der Waals surface area contributed by atoms with E-state index in [-0.39, 0.29) is 6.10 Å². The normalized spacial score (nSPS) is 19.3. The van der Waals surface area contributed by atoms with Crippen LogP contribution in [-0.2, 0) is 4.74 Å². The van der Waals surface area contributed by atoms with Gasteiger partial charge < -0.3 is 15.0 Å². The van der Waals surface area contributed by atoms with Gasteiger partial charge in [-0.05, 0) is 24.6 Å². The highest BCUT2D eigenvalue weighted by Crippen LogP contribution is 2.20. The van der Waals surface area contributed by atoms with Crippen LogP contribution >= 0.6 is 0 Å². The zero-order chi connectivity index (χ0) is 13.0. The fraction of sp³-hybridized carbons (Fsp3) is 0.500. The van der Waals surface area contributed by atoms with Gasteiger partial charge in [0.05, 0.1) is 24.0 Å². The highest BCUT2D eigenvalue weighted by Gasteiger charge is 2.17. The van der Waals surface area contributed by atoms with Crippen molar-refractivity contribution in [3.63, 3.8) is 0 Å². The van der Waals surface area contributed by atoms with E-state index in [0.717, 1.165) is 43.1 Å². The van der Waals surface area contributed by atoms with E-state index in [4.69, 9.17) is 4.74 Å². The number of aryl methyl sites for hydroxylation is 1. The van der Waals surface area contributed by atoms with Crippen LogP contribution in [0.1, 0.15) is 11.1 Å². The number of nitrogens with zero attached hydrogens (tertiary/aromatic N) is 2. The molecule has 1 aliphatic heterocycles. The van der Waals surface area contributed by atoms with E-state index in [1.165, 1.54) is 0 Å². The maximum absolute atomic E-state index is 9.18. The third kappa shape index (κ3) is 3.00. The van der Waals surface area contributed by atoms with E-state index in [1.54, 1.807) is 0 Å². The Kier molecular flexibility index (Phi) is 4.19. The van der Waals surface area contributed by atoms with Gasteiger partial charge in [0.25, 0.3) is 0 Å². The Morgan fingerprint density at radius 2 is 2.39 bits per heavy atom. The Morgan fingerprint density at radius 1 is 1.56 bits per heavy atom. The van der Waals surface area contributed by atoms with Crippen LogP contribution in [0.15, 0.2) is 18.2 Å². The minimum Gasteiger partial charge on any atom is -0.374 e. The van der Waals surface area contributed by atoms with Crippen LogP contribution in [0, 0.1) is 18.3 Å². The Hall–Kier alpha value is -1.57. The molecular formula is C14H19N3O. The van der Waals surface area contributed by atoms with Gasteiger partial charge in [-0.1, -0.05) is 6.07 Å². The van der Waals surface area contributed by atoms with Gasteiger partial charge in [-0.3, -0.25) is 0 Å². The first-order valence-corrected chi connectivity index (χ1v) is 6.25. The Morgan fingerprint density at radius 3 is 3.06 bits per heavy atom. The summed E-state index contributed by atoms with van der Waals surface area (Å²) in [6, 6.07) is 8.22. The number of nitriles is 1. The van der Waals surface area contributed by atoms with Gasteiger partial charge >= 0.3 is 0 Å². The van der Waals surface area contributed by atoms with Crippen molar-refractivity contribution < 1.29 is 4.74 Å². The van der Waals surface area contributed by atoms with E-state index >= 15 is 0 Å². The number of hydrogen-bond donors (Lipinski definition) is 1. The number of anilines is 1. The van der Waals surface area contributed by atoms with Gasteiger partial charge in [-0.2, -0.15) is 5.26 Å². The van der Waals surface area contributed by atoms with Crippen molar-refractivity contribution in [2.45, 2.75) is 13.0 Å². The molecule has 96 valence electrons. The molecular weight excluding hydrogens is 226 g/mol. The minimum atomic E-state index is 0.191. The quantitative estimate of drug-likeness (QED) is 0.872. The SMILES string of the molecule is Cc1ccc(N(C)CC2CNCCO2)c(C#N)c1. The third-order valence-corrected chi connectivity index (χ3v) is 3.17. The molecule has 1 saturated heterocycles. The molecule has 4 nitrogen and oxygen atoms in total. The number of hydrogen-bond acceptors (Lipinski definition) is 4. The summed E-state index contributed by atoms with van der Waals surface area (Å²) in [5.41, 5.74) is 2.80. The lowest BCUT2D eigenvalue weighted by Crippen LogP contribution is -2.44. The topological polar surface area (TPSA) is 48.3 Å². The molecule has 4 heteroatoms. The van der Waals surface area contributed by atoms with Gasteiger partial charge in [0.1, 0.15) is 6.07 Å². The predicted molar refractivity (Wildman–Crippen MR) is 71.8 cm³/mol. The van der Waals surface area contributed by atoms with Crippen molar-refractivity contribution in [1.82, 2.24) is 5.32 Å². The zero-order valence-electron chi connectivity index (χ0n) is 10.9. The summed E-state index contributed by atoms with van der Waals surface area (Å²) in [5.74, 6) is 0. The van der Waals surface area contributed by atoms with Crippen LogP contribution in [0.25, 0.3) is 0 Å². The van der Waals surface area contributed by atoms with E-state index in [2.05, 4.69) is 16.3 Å². The fourth-order valence-corrected chi connectivity index (χ4v) is 2.21. The van der Waals surface area contributed by atoms with Gasteiger partial charge in [0.2, 0.25) is 0 Å². The molecule has 0 amide bonds. The highest BCUT2D eigenvalue weighted by molar-refractivity contribution is 5.60. The molecule has 0 saturated carbocycles. The van der Waals surface area contributed by atoms with Crippen LogP contribution in [0.4, 0.5) is 5.69 Å². The first-order valence-electron chi connectivity index (χ1n) is 6.25. The second-order valence-electron chi connectivity index (χ2n) is 4.71. The summed E-state index contributed by atoms with van der Waals surface area (Å²) >= 11 is 0. The number of benzene rings is 1. The molecule has 1 heterocycles. The van der Waals surface area contributed by atoms with Crippen LogP contribution in [0.2, 0.25) is 0 Å². The summed E-state index contributed by atoms with van der Waals surface area (Å²) in [6.45, 7) is 5.35. The summed E-state index contributed by atoms with van der Waals surface area (Å²) < 4.78 is 5.68. The molecule has 1 aromatic carbocycles. The number of nitrogens with one attached hydrogen (secondary N) is 1. The van der Waals surface area contributed by atoms with Gasteiger partial charge in [-0.25, -0.2) is 0 Å². The van der Waals surface area contributed by atoms with Gasteiger partial charge in [0.15, 0.2) is 0 Å². The van der Waals surface area contributed by atoms with Crippen LogP contribution in [-0.4, -0.2) is 39.4 Å². The van der Waals surface area contributed by atoms with Gasteiger partial charge in [0, 0.05) is 26.7 Å². The Bertz CT molecular complexity index is 447. The smallest absolute Gasteiger partial charge is 0.101 e. The van der Waals surface area contributed by atoms with Crippen molar-refractivity contribution >= 4 is 5.69 Å². The molecule has 0 radical (unpaired) electrons. The van der Waals surface area contributed by atoms with Crippen LogP contribution < -0.4 is 10.2 Å². The van der Waals surface area contributed by atoms with E-state index in [1.807, 2.05) is 32.2 Å². The lowest BCUT2D eigenvalue weighted by atomic mass is 10.1. The molecule has 1 atom stereocenters. The molecule has 1 aliphatic rings. The van der Waals surface area contributed by atoms with E-state index < -0.39 is 0 Å². The van der Waals surface area contributed by atoms with Crippen molar-refractivity contribution in [1.29, 1.82) is 5.26 Å². The van der Waals surface area contributed by atoms with E-state index in [9.17, 15) is 5.26 Å². The second-order valence-corrected chi connectivity index (χ2v) is 4.71. The summed E-state index contributed by atoms with van der Waals surface area (Å²) in [7, 11) is 2.00. The first-order chi connectivity index (χ1) is 8.70. The third-order valence-electron chi connectivity index (χ3n) is 3.17. The summed E-state index contributed by atoms with van der Waals surface area (Å²) in [6.07, 6.45) is 0.191. The average molecular weight is 245 g/mol. The van der Waals surface area contributed by atoms with Crippen molar-refractivity contribution in [3.8, 4) is 6.07 Å². The van der Waals surface area contributed by atoms with Crippen molar-refractivity contribution in [3.05, 3.63) is 29.3 Å². The Labute approximate surface area is 108 Å². The molecule has 1 aromatic rings. The van der Waals surface area contributed by atoms with Gasteiger partial charge in [-0.15, -0.1) is 0 Å².